The van der Waals surface area contributed by atoms with Crippen molar-refractivity contribution in [3.8, 4) is 0 Å². The van der Waals surface area contributed by atoms with E-state index in [1.54, 1.807) is 11.1 Å². The lowest BCUT2D eigenvalue weighted by atomic mass is 10.1. The van der Waals surface area contributed by atoms with Gasteiger partial charge in [-0.3, -0.25) is 4.98 Å². The highest BCUT2D eigenvalue weighted by atomic mass is 35.5. The van der Waals surface area contributed by atoms with Gasteiger partial charge in [-0.25, -0.2) is 4.79 Å². The molecule has 2 rings (SSSR count). The predicted octanol–water partition coefficient (Wildman–Crippen LogP) is 6.11. The number of nitrogens with zero attached hydrogens (tertiary/aromatic N) is 2. The Kier molecular flexibility index (Phi) is 9.37. The van der Waals surface area contributed by atoms with Gasteiger partial charge >= 0.3 is 6.09 Å². The number of rotatable bonds is 9. The van der Waals surface area contributed by atoms with Crippen LogP contribution >= 0.6 is 11.6 Å². The lowest BCUT2D eigenvalue weighted by Gasteiger charge is -2.24. The van der Waals surface area contributed by atoms with Gasteiger partial charge in [-0.2, -0.15) is 0 Å². The molecule has 166 valence electrons. The number of aryl methyl sites for hydroxylation is 1. The first-order chi connectivity index (χ1) is 14.2. The normalized spacial score (nSPS) is 17.3. The summed E-state index contributed by atoms with van der Waals surface area (Å²) < 4.78 is 11.4. The van der Waals surface area contributed by atoms with Crippen molar-refractivity contribution in [2.75, 3.05) is 19.7 Å². The van der Waals surface area contributed by atoms with E-state index in [0.29, 0.717) is 24.7 Å². The summed E-state index contributed by atoms with van der Waals surface area (Å²) in [6.07, 6.45) is 8.44. The highest BCUT2D eigenvalue weighted by molar-refractivity contribution is 6.49. The molecule has 6 heteroatoms. The van der Waals surface area contributed by atoms with Crippen LogP contribution in [0.4, 0.5) is 4.79 Å². The molecule has 1 saturated heterocycles. The van der Waals surface area contributed by atoms with Gasteiger partial charge in [-0.1, -0.05) is 36.2 Å². The van der Waals surface area contributed by atoms with Crippen molar-refractivity contribution in [2.24, 2.45) is 0 Å². The summed E-state index contributed by atoms with van der Waals surface area (Å²) in [7, 11) is 0. The first kappa shape index (κ1) is 24.4. The zero-order valence-electron chi connectivity index (χ0n) is 18.7. The summed E-state index contributed by atoms with van der Waals surface area (Å²) in [5.41, 5.74) is 2.43. The molecule has 1 aromatic heterocycles. The number of aromatic nitrogens is 1. The summed E-state index contributed by atoms with van der Waals surface area (Å²) in [6, 6.07) is 3.86. The molecule has 1 atom stereocenters. The van der Waals surface area contributed by atoms with E-state index in [0.717, 1.165) is 48.9 Å². The quantitative estimate of drug-likeness (QED) is 0.347. The minimum atomic E-state index is -0.462. The van der Waals surface area contributed by atoms with Gasteiger partial charge in [0.25, 0.3) is 0 Å². The lowest BCUT2D eigenvalue weighted by Crippen LogP contribution is -2.36. The number of carbonyl (C=O) groups excluding carboxylic acids is 1. The summed E-state index contributed by atoms with van der Waals surface area (Å²) in [6.45, 7) is 13.7. The van der Waals surface area contributed by atoms with Gasteiger partial charge < -0.3 is 14.4 Å². The van der Waals surface area contributed by atoms with Crippen LogP contribution in [0, 0.1) is 6.92 Å². The number of hydrogen-bond acceptors (Lipinski definition) is 4. The van der Waals surface area contributed by atoms with Crippen molar-refractivity contribution in [3.63, 3.8) is 0 Å². The largest absolute Gasteiger partial charge is 0.444 e. The summed E-state index contributed by atoms with van der Waals surface area (Å²) in [4.78, 5) is 18.1. The maximum atomic E-state index is 12.1. The molecule has 0 N–H and O–H groups in total. The lowest BCUT2D eigenvalue weighted by molar-refractivity contribution is 0.0206. The van der Waals surface area contributed by atoms with Crippen LogP contribution in [-0.2, 0) is 9.47 Å². The van der Waals surface area contributed by atoms with Crippen LogP contribution in [0.3, 0.4) is 0 Å². The number of carbonyl (C=O) groups is 1. The molecule has 1 aliphatic rings. The molecule has 2 heterocycles. The first-order valence-corrected chi connectivity index (χ1v) is 11.1. The molecule has 0 saturated carbocycles. The third-order valence-corrected chi connectivity index (χ3v) is 5.20. The molecular formula is C24H35ClN2O3. The number of likely N-dealkylation sites (tertiary alicyclic amines) is 1. The summed E-state index contributed by atoms with van der Waals surface area (Å²) in [5, 5.41) is 0.685. The van der Waals surface area contributed by atoms with Gasteiger partial charge in [-0.05, 0) is 65.5 Å². The number of allylic oxidation sites excluding steroid dienone is 2. The van der Waals surface area contributed by atoms with Crippen LogP contribution in [0.1, 0.15) is 64.1 Å². The first-order valence-electron chi connectivity index (χ1n) is 10.7. The second kappa shape index (κ2) is 11.5. The number of ether oxygens (including phenoxy) is 2. The van der Waals surface area contributed by atoms with Gasteiger partial charge in [0.2, 0.25) is 0 Å². The smallest absolute Gasteiger partial charge is 0.410 e. The fourth-order valence-corrected chi connectivity index (χ4v) is 3.66. The maximum Gasteiger partial charge on any atom is 0.410 e. The van der Waals surface area contributed by atoms with Crippen molar-refractivity contribution in [2.45, 2.75) is 71.5 Å². The van der Waals surface area contributed by atoms with E-state index in [-0.39, 0.29) is 12.2 Å². The van der Waals surface area contributed by atoms with E-state index in [4.69, 9.17) is 21.1 Å². The van der Waals surface area contributed by atoms with Gasteiger partial charge in [0.05, 0.1) is 12.6 Å². The van der Waals surface area contributed by atoms with Crippen molar-refractivity contribution in [1.82, 2.24) is 9.88 Å². The molecule has 0 bridgehead atoms. The second-order valence-electron chi connectivity index (χ2n) is 8.81. The van der Waals surface area contributed by atoms with Crippen LogP contribution in [0.15, 0.2) is 36.6 Å². The second-order valence-corrected chi connectivity index (χ2v) is 9.21. The van der Waals surface area contributed by atoms with Gasteiger partial charge in [0.1, 0.15) is 5.60 Å². The molecule has 0 radical (unpaired) electrons. The molecular weight excluding hydrogens is 400 g/mol. The minimum absolute atomic E-state index is 0.108. The van der Waals surface area contributed by atoms with Crippen LogP contribution in [0.2, 0.25) is 0 Å². The third-order valence-electron chi connectivity index (χ3n) is 4.89. The Hall–Kier alpha value is -1.85. The minimum Gasteiger partial charge on any atom is -0.444 e. The average molecular weight is 435 g/mol. The summed E-state index contributed by atoms with van der Waals surface area (Å²) >= 11 is 6.41. The Balaban J connectivity index is 1.59. The van der Waals surface area contributed by atoms with Crippen molar-refractivity contribution in [3.05, 3.63) is 47.8 Å². The van der Waals surface area contributed by atoms with E-state index >= 15 is 0 Å². The van der Waals surface area contributed by atoms with E-state index < -0.39 is 5.60 Å². The number of halogens is 1. The Morgan fingerprint density at radius 2 is 2.13 bits per heavy atom. The van der Waals surface area contributed by atoms with E-state index in [2.05, 4.69) is 11.6 Å². The molecule has 1 amide bonds. The third kappa shape index (κ3) is 8.49. The van der Waals surface area contributed by atoms with Crippen LogP contribution < -0.4 is 0 Å². The Bertz CT molecular complexity index is 755. The highest BCUT2D eigenvalue weighted by Gasteiger charge is 2.30. The molecule has 0 spiro atoms. The molecule has 1 unspecified atom stereocenters. The Morgan fingerprint density at radius 3 is 2.83 bits per heavy atom. The maximum absolute atomic E-state index is 12.1. The molecule has 1 aliphatic heterocycles. The van der Waals surface area contributed by atoms with Crippen LogP contribution in [-0.4, -0.2) is 47.4 Å². The van der Waals surface area contributed by atoms with Crippen molar-refractivity contribution < 1.29 is 14.3 Å². The molecule has 1 aromatic rings. The van der Waals surface area contributed by atoms with E-state index in [1.807, 2.05) is 45.9 Å². The van der Waals surface area contributed by atoms with Gasteiger partial charge in [0, 0.05) is 35.6 Å². The molecule has 5 nitrogen and oxygen atoms in total. The zero-order chi connectivity index (χ0) is 22.1. The standard InChI is InChI=1S/C24H35ClN2O3/c1-18(16-22(25)21-11-9-13-26-19(21)2)10-7-6-8-15-29-20-12-14-27(17-20)23(28)30-24(3,4)5/h9,11,13,16,20H,1,6-8,10,12,14-15,17H2,2-5H3/b22-16+. The van der Waals surface area contributed by atoms with Crippen molar-refractivity contribution >= 4 is 22.7 Å². The number of unbranched alkanes of at least 4 members (excludes halogenated alkanes) is 2. The van der Waals surface area contributed by atoms with Gasteiger partial charge in [-0.15, -0.1) is 0 Å². The Labute approximate surface area is 186 Å². The van der Waals surface area contributed by atoms with E-state index in [9.17, 15) is 4.79 Å². The molecule has 0 aliphatic carbocycles. The van der Waals surface area contributed by atoms with Crippen molar-refractivity contribution in [1.29, 1.82) is 0 Å². The Morgan fingerprint density at radius 1 is 1.37 bits per heavy atom. The number of pyridine rings is 1. The number of hydrogen-bond donors (Lipinski definition) is 0. The zero-order valence-corrected chi connectivity index (χ0v) is 19.5. The fourth-order valence-electron chi connectivity index (χ4n) is 3.30. The van der Waals surface area contributed by atoms with Crippen LogP contribution in [0.25, 0.3) is 5.03 Å². The number of amides is 1. The molecule has 0 aromatic carbocycles. The predicted molar refractivity (Wildman–Crippen MR) is 123 cm³/mol. The topological polar surface area (TPSA) is 51.7 Å². The molecule has 30 heavy (non-hydrogen) atoms. The molecule has 1 fully saturated rings. The highest BCUT2D eigenvalue weighted by Crippen LogP contribution is 2.24. The van der Waals surface area contributed by atoms with Gasteiger partial charge in [0.15, 0.2) is 0 Å². The van der Waals surface area contributed by atoms with Crippen LogP contribution in [0.5, 0.6) is 0 Å². The monoisotopic (exact) mass is 434 g/mol. The van der Waals surface area contributed by atoms with E-state index in [1.165, 1.54) is 0 Å². The SMILES string of the molecule is C=C(/C=C(/Cl)c1cccnc1C)CCCCCOC1CCN(C(=O)OC(C)(C)C)C1. The fraction of sp³-hybridized carbons (Fsp3) is 0.583. The average Bonchev–Trinajstić information content (AvgIpc) is 3.12. The summed E-state index contributed by atoms with van der Waals surface area (Å²) in [5.74, 6) is 0.